The summed E-state index contributed by atoms with van der Waals surface area (Å²) in [6, 6.07) is 6.57. The zero-order valence-electron chi connectivity index (χ0n) is 7.74. The quantitative estimate of drug-likeness (QED) is 0.783. The molecule has 1 atom stereocenters. The second-order valence-electron chi connectivity index (χ2n) is 2.71. The lowest BCUT2D eigenvalue weighted by Crippen LogP contribution is -2.05. The van der Waals surface area contributed by atoms with Crippen molar-refractivity contribution in [2.45, 2.75) is 18.0 Å². The molecule has 0 aromatic heterocycles. The molecular weight excluding hydrogens is 203 g/mol. The van der Waals surface area contributed by atoms with Gasteiger partial charge in [-0.2, -0.15) is 0 Å². The van der Waals surface area contributed by atoms with Crippen LogP contribution in [0.5, 0.6) is 0 Å². The van der Waals surface area contributed by atoms with E-state index in [2.05, 4.69) is 0 Å². The maximum absolute atomic E-state index is 13.1. The van der Waals surface area contributed by atoms with Crippen LogP contribution in [0.15, 0.2) is 29.2 Å². The lowest BCUT2D eigenvalue weighted by atomic mass is 10.1. The number of benzene rings is 1. The average Bonchev–Trinajstić information content (AvgIpc) is 2.17. The van der Waals surface area contributed by atoms with Crippen molar-refractivity contribution >= 4 is 17.7 Å². The molecule has 0 bridgehead atoms. The van der Waals surface area contributed by atoms with E-state index in [-0.39, 0.29) is 5.56 Å². The normalized spacial score (nSPS) is 12.4. The highest BCUT2D eigenvalue weighted by Crippen LogP contribution is 2.24. The summed E-state index contributed by atoms with van der Waals surface area (Å²) >= 11 is 1.56. The van der Waals surface area contributed by atoms with E-state index in [1.165, 1.54) is 6.07 Å². The molecule has 0 spiro atoms. The smallest absolute Gasteiger partial charge is 0.343 e. The summed E-state index contributed by atoms with van der Waals surface area (Å²) < 4.78 is 13.1. The van der Waals surface area contributed by atoms with E-state index in [0.717, 1.165) is 10.6 Å². The summed E-state index contributed by atoms with van der Waals surface area (Å²) in [6.45, 7) is 1.99. The number of carbonyl (C=O) groups is 1. The van der Waals surface area contributed by atoms with Crippen LogP contribution >= 0.6 is 11.8 Å². The van der Waals surface area contributed by atoms with Crippen LogP contribution in [-0.2, 0) is 4.79 Å². The fraction of sp³-hybridized carbons (Fsp3) is 0.300. The molecule has 0 aliphatic carbocycles. The monoisotopic (exact) mass is 214 g/mol. The standard InChI is InChI=1S/C10H11FO2S/c1-2-14-8-5-3-4-7(6-8)9(11)10(12)13/h3-6,9H,2H2,1H3,(H,12,13). The minimum atomic E-state index is -1.92. The second kappa shape index (κ2) is 5.00. The van der Waals surface area contributed by atoms with E-state index in [9.17, 15) is 9.18 Å². The second-order valence-corrected chi connectivity index (χ2v) is 4.04. The first-order valence-corrected chi connectivity index (χ1v) is 5.23. The minimum Gasteiger partial charge on any atom is -0.479 e. The number of hydrogen-bond donors (Lipinski definition) is 1. The van der Waals surface area contributed by atoms with Gasteiger partial charge in [0.05, 0.1) is 0 Å². The molecule has 0 fully saturated rings. The molecule has 0 aliphatic rings. The lowest BCUT2D eigenvalue weighted by molar-refractivity contribution is -0.143. The van der Waals surface area contributed by atoms with Gasteiger partial charge in [-0.3, -0.25) is 0 Å². The largest absolute Gasteiger partial charge is 0.479 e. The molecule has 0 aliphatic heterocycles. The topological polar surface area (TPSA) is 37.3 Å². The SMILES string of the molecule is CCSc1cccc(C(F)C(=O)O)c1. The van der Waals surface area contributed by atoms with Crippen molar-refractivity contribution in [3.8, 4) is 0 Å². The van der Waals surface area contributed by atoms with Gasteiger partial charge in [-0.05, 0) is 23.4 Å². The number of thioether (sulfide) groups is 1. The lowest BCUT2D eigenvalue weighted by Gasteiger charge is -2.05. The zero-order valence-corrected chi connectivity index (χ0v) is 8.55. The minimum absolute atomic E-state index is 0.205. The van der Waals surface area contributed by atoms with E-state index in [0.29, 0.717) is 0 Å². The van der Waals surface area contributed by atoms with Crippen molar-refractivity contribution in [1.29, 1.82) is 0 Å². The van der Waals surface area contributed by atoms with Crippen LogP contribution in [0, 0.1) is 0 Å². The van der Waals surface area contributed by atoms with Gasteiger partial charge in [0.15, 0.2) is 0 Å². The molecule has 0 saturated heterocycles. The third kappa shape index (κ3) is 2.73. The maximum atomic E-state index is 13.1. The number of rotatable bonds is 4. The van der Waals surface area contributed by atoms with Crippen molar-refractivity contribution in [1.82, 2.24) is 0 Å². The molecule has 2 nitrogen and oxygen atoms in total. The first-order valence-electron chi connectivity index (χ1n) is 4.24. The molecule has 76 valence electrons. The number of carboxylic acid groups (broad SMARTS) is 1. The van der Waals surface area contributed by atoms with Gasteiger partial charge in [-0.1, -0.05) is 19.1 Å². The Morgan fingerprint density at radius 1 is 1.64 bits per heavy atom. The Balaban J connectivity index is 2.87. The number of hydrogen-bond acceptors (Lipinski definition) is 2. The fourth-order valence-electron chi connectivity index (χ4n) is 1.07. The summed E-state index contributed by atoms with van der Waals surface area (Å²) in [5.41, 5.74) is 0.205. The Labute approximate surface area is 86.1 Å². The molecular formula is C10H11FO2S. The van der Waals surface area contributed by atoms with Gasteiger partial charge >= 0.3 is 5.97 Å². The summed E-state index contributed by atoms with van der Waals surface area (Å²) in [5.74, 6) is -0.559. The predicted molar refractivity (Wildman–Crippen MR) is 54.3 cm³/mol. The highest BCUT2D eigenvalue weighted by atomic mass is 32.2. The molecule has 1 N–H and O–H groups in total. The van der Waals surface area contributed by atoms with Crippen LogP contribution in [0.3, 0.4) is 0 Å². The molecule has 1 aromatic rings. The van der Waals surface area contributed by atoms with Gasteiger partial charge in [0, 0.05) is 4.90 Å². The Morgan fingerprint density at radius 3 is 2.93 bits per heavy atom. The number of halogens is 1. The number of carboxylic acids is 1. The average molecular weight is 214 g/mol. The van der Waals surface area contributed by atoms with Gasteiger partial charge in [-0.15, -0.1) is 11.8 Å². The molecule has 1 unspecified atom stereocenters. The molecule has 0 heterocycles. The van der Waals surface area contributed by atoms with E-state index in [4.69, 9.17) is 5.11 Å². The molecule has 0 amide bonds. The van der Waals surface area contributed by atoms with Crippen LogP contribution in [0.2, 0.25) is 0 Å². The van der Waals surface area contributed by atoms with Crippen LogP contribution in [-0.4, -0.2) is 16.8 Å². The Bertz CT molecular complexity index is 328. The van der Waals surface area contributed by atoms with Gasteiger partial charge in [0.1, 0.15) is 0 Å². The van der Waals surface area contributed by atoms with Crippen LogP contribution in [0.1, 0.15) is 18.7 Å². The summed E-state index contributed by atoms with van der Waals surface area (Å²) in [6.07, 6.45) is -1.92. The highest BCUT2D eigenvalue weighted by Gasteiger charge is 2.18. The Hall–Kier alpha value is -1.03. The van der Waals surface area contributed by atoms with Crippen molar-refractivity contribution in [2.24, 2.45) is 0 Å². The van der Waals surface area contributed by atoms with Crippen LogP contribution < -0.4 is 0 Å². The van der Waals surface area contributed by atoms with Crippen molar-refractivity contribution in [3.63, 3.8) is 0 Å². The molecule has 4 heteroatoms. The van der Waals surface area contributed by atoms with Crippen molar-refractivity contribution < 1.29 is 14.3 Å². The number of alkyl halides is 1. The number of aliphatic carboxylic acids is 1. The van der Waals surface area contributed by atoms with Gasteiger partial charge in [-0.25, -0.2) is 9.18 Å². The van der Waals surface area contributed by atoms with E-state index < -0.39 is 12.1 Å². The van der Waals surface area contributed by atoms with Crippen LogP contribution in [0.4, 0.5) is 4.39 Å². The van der Waals surface area contributed by atoms with E-state index >= 15 is 0 Å². The zero-order chi connectivity index (χ0) is 10.6. The summed E-state index contributed by atoms with van der Waals surface area (Å²) in [7, 11) is 0. The van der Waals surface area contributed by atoms with Crippen molar-refractivity contribution in [2.75, 3.05) is 5.75 Å². The maximum Gasteiger partial charge on any atom is 0.343 e. The highest BCUT2D eigenvalue weighted by molar-refractivity contribution is 7.99. The fourth-order valence-corrected chi connectivity index (χ4v) is 1.80. The Kier molecular flexibility index (Phi) is 3.95. The Morgan fingerprint density at radius 2 is 2.36 bits per heavy atom. The summed E-state index contributed by atoms with van der Waals surface area (Å²) in [4.78, 5) is 11.3. The molecule has 14 heavy (non-hydrogen) atoms. The van der Waals surface area contributed by atoms with Crippen molar-refractivity contribution in [3.05, 3.63) is 29.8 Å². The molecule has 1 rings (SSSR count). The first kappa shape index (κ1) is 11.0. The van der Waals surface area contributed by atoms with E-state index in [1.54, 1.807) is 23.9 Å². The molecule has 0 radical (unpaired) electrons. The van der Waals surface area contributed by atoms with Gasteiger partial charge < -0.3 is 5.11 Å². The first-order chi connectivity index (χ1) is 6.65. The third-order valence-corrected chi connectivity index (χ3v) is 2.55. The summed E-state index contributed by atoms with van der Waals surface area (Å²) in [5, 5.41) is 8.47. The van der Waals surface area contributed by atoms with E-state index in [1.807, 2.05) is 13.0 Å². The van der Waals surface area contributed by atoms with Crippen LogP contribution in [0.25, 0.3) is 0 Å². The molecule has 0 saturated carbocycles. The van der Waals surface area contributed by atoms with Gasteiger partial charge in [0.25, 0.3) is 0 Å². The third-order valence-electron chi connectivity index (χ3n) is 1.68. The van der Waals surface area contributed by atoms with Gasteiger partial charge in [0.2, 0.25) is 6.17 Å². The predicted octanol–water partition coefficient (Wildman–Crippen LogP) is 2.89. The molecule has 1 aromatic carbocycles.